The summed E-state index contributed by atoms with van der Waals surface area (Å²) >= 11 is 1.46. The van der Waals surface area contributed by atoms with Crippen molar-refractivity contribution in [3.05, 3.63) is 64.0 Å². The van der Waals surface area contributed by atoms with E-state index in [1.807, 2.05) is 60.8 Å². The van der Waals surface area contributed by atoms with Crippen molar-refractivity contribution in [1.82, 2.24) is 4.98 Å². The highest BCUT2D eigenvalue weighted by atomic mass is 32.1. The Labute approximate surface area is 149 Å². The molecule has 0 bridgehead atoms. The summed E-state index contributed by atoms with van der Waals surface area (Å²) in [5.41, 5.74) is 4.48. The Morgan fingerprint density at radius 1 is 1.20 bits per heavy atom. The van der Waals surface area contributed by atoms with Crippen LogP contribution in [0, 0.1) is 18.3 Å². The van der Waals surface area contributed by atoms with Gasteiger partial charge in [0.2, 0.25) is 6.79 Å². The van der Waals surface area contributed by atoms with Gasteiger partial charge in [0.25, 0.3) is 0 Å². The number of rotatable bonds is 3. The van der Waals surface area contributed by atoms with Crippen LogP contribution in [0.5, 0.6) is 11.5 Å². The average Bonchev–Trinajstić information content (AvgIpc) is 3.29. The molecule has 1 aliphatic heterocycles. The molecule has 25 heavy (non-hydrogen) atoms. The molecule has 0 N–H and O–H groups in total. The van der Waals surface area contributed by atoms with Crippen LogP contribution in [0.3, 0.4) is 0 Å². The summed E-state index contributed by atoms with van der Waals surface area (Å²) in [7, 11) is 0. The van der Waals surface area contributed by atoms with Crippen LogP contribution in [0.2, 0.25) is 0 Å². The van der Waals surface area contributed by atoms with Gasteiger partial charge in [-0.3, -0.25) is 0 Å². The zero-order valence-corrected chi connectivity index (χ0v) is 14.3. The molecule has 1 aromatic heterocycles. The predicted octanol–water partition coefficient (Wildman–Crippen LogP) is 4.91. The van der Waals surface area contributed by atoms with E-state index >= 15 is 0 Å². The molecular formula is C20H14N2O2S. The van der Waals surface area contributed by atoms with E-state index < -0.39 is 0 Å². The summed E-state index contributed by atoms with van der Waals surface area (Å²) < 4.78 is 10.8. The van der Waals surface area contributed by atoms with Crippen LogP contribution in [0.25, 0.3) is 22.9 Å². The molecule has 4 nitrogen and oxygen atoms in total. The number of aryl methyl sites for hydroxylation is 1. The van der Waals surface area contributed by atoms with E-state index in [-0.39, 0.29) is 6.79 Å². The van der Waals surface area contributed by atoms with Gasteiger partial charge in [-0.15, -0.1) is 11.3 Å². The van der Waals surface area contributed by atoms with Gasteiger partial charge in [0.15, 0.2) is 11.5 Å². The second-order valence-electron chi connectivity index (χ2n) is 5.63. The molecule has 0 amide bonds. The number of nitriles is 1. The summed E-state index contributed by atoms with van der Waals surface area (Å²) in [6, 6.07) is 16.0. The van der Waals surface area contributed by atoms with Crippen molar-refractivity contribution < 1.29 is 9.47 Å². The molecule has 0 unspecified atom stereocenters. The van der Waals surface area contributed by atoms with Crippen LogP contribution in [0.15, 0.2) is 47.8 Å². The van der Waals surface area contributed by atoms with Crippen LogP contribution in [0.1, 0.15) is 16.1 Å². The minimum Gasteiger partial charge on any atom is -0.454 e. The van der Waals surface area contributed by atoms with E-state index in [2.05, 4.69) is 11.1 Å². The molecule has 3 aromatic rings. The molecule has 0 radical (unpaired) electrons. The largest absolute Gasteiger partial charge is 0.454 e. The fourth-order valence-corrected chi connectivity index (χ4v) is 3.43. The average molecular weight is 346 g/mol. The van der Waals surface area contributed by atoms with Crippen molar-refractivity contribution in [3.8, 4) is 28.8 Å². The third-order valence-electron chi connectivity index (χ3n) is 4.01. The lowest BCUT2D eigenvalue weighted by Crippen LogP contribution is -1.92. The number of ether oxygens (including phenoxy) is 2. The second kappa shape index (κ2) is 6.42. The van der Waals surface area contributed by atoms with Gasteiger partial charge in [0.1, 0.15) is 11.1 Å². The van der Waals surface area contributed by atoms with Crippen molar-refractivity contribution in [2.45, 2.75) is 6.92 Å². The number of hydrogen-bond acceptors (Lipinski definition) is 5. The maximum atomic E-state index is 9.55. The SMILES string of the molecule is Cc1ccccc1/C=C(/C#N)c1nc(-c2ccc3c(c2)OCO3)cs1. The zero-order valence-electron chi connectivity index (χ0n) is 13.5. The van der Waals surface area contributed by atoms with Crippen LogP contribution in [-0.4, -0.2) is 11.8 Å². The Balaban J connectivity index is 1.68. The Kier molecular flexibility index (Phi) is 3.96. The van der Waals surface area contributed by atoms with Crippen molar-refractivity contribution in [2.24, 2.45) is 0 Å². The molecule has 5 heteroatoms. The van der Waals surface area contributed by atoms with Crippen molar-refractivity contribution in [2.75, 3.05) is 6.79 Å². The molecule has 0 saturated carbocycles. The number of hydrogen-bond donors (Lipinski definition) is 0. The van der Waals surface area contributed by atoms with Crippen molar-refractivity contribution >= 4 is 23.0 Å². The van der Waals surface area contributed by atoms with Gasteiger partial charge in [0, 0.05) is 10.9 Å². The minimum absolute atomic E-state index is 0.249. The van der Waals surface area contributed by atoms with Gasteiger partial charge >= 0.3 is 0 Å². The Morgan fingerprint density at radius 2 is 2.04 bits per heavy atom. The summed E-state index contributed by atoms with van der Waals surface area (Å²) in [5, 5.41) is 12.2. The molecule has 0 atom stereocenters. The van der Waals surface area contributed by atoms with E-state index in [4.69, 9.17) is 9.47 Å². The minimum atomic E-state index is 0.249. The van der Waals surface area contributed by atoms with Crippen molar-refractivity contribution in [3.63, 3.8) is 0 Å². The van der Waals surface area contributed by atoms with E-state index in [0.717, 1.165) is 33.9 Å². The highest BCUT2D eigenvalue weighted by Gasteiger charge is 2.16. The molecule has 2 aromatic carbocycles. The van der Waals surface area contributed by atoms with Gasteiger partial charge in [-0.2, -0.15) is 5.26 Å². The molecule has 4 rings (SSSR count). The first-order valence-electron chi connectivity index (χ1n) is 7.78. The first-order valence-corrected chi connectivity index (χ1v) is 8.66. The van der Waals surface area contributed by atoms with Gasteiger partial charge in [0.05, 0.1) is 11.3 Å². The first-order chi connectivity index (χ1) is 12.2. The van der Waals surface area contributed by atoms with E-state index in [9.17, 15) is 5.26 Å². The van der Waals surface area contributed by atoms with Crippen LogP contribution < -0.4 is 9.47 Å². The third kappa shape index (κ3) is 3.00. The standard InChI is InChI=1S/C20H14N2O2S/c1-13-4-2-3-5-14(13)8-16(10-21)20-22-17(11-25-20)15-6-7-18-19(9-15)24-12-23-18/h2-9,11H,12H2,1H3/b16-8-. The van der Waals surface area contributed by atoms with Gasteiger partial charge < -0.3 is 9.47 Å². The number of fused-ring (bicyclic) bond motifs is 1. The van der Waals surface area contributed by atoms with E-state index in [1.54, 1.807) is 0 Å². The lowest BCUT2D eigenvalue weighted by atomic mass is 10.1. The maximum absolute atomic E-state index is 9.55. The zero-order chi connectivity index (χ0) is 17.2. The van der Waals surface area contributed by atoms with Crippen LogP contribution in [-0.2, 0) is 0 Å². The molecule has 0 saturated heterocycles. The Morgan fingerprint density at radius 3 is 2.88 bits per heavy atom. The molecule has 2 heterocycles. The number of thiazole rings is 1. The lowest BCUT2D eigenvalue weighted by molar-refractivity contribution is 0.174. The van der Waals surface area contributed by atoms with E-state index in [0.29, 0.717) is 10.6 Å². The van der Waals surface area contributed by atoms with Gasteiger partial charge in [-0.1, -0.05) is 24.3 Å². The fourth-order valence-electron chi connectivity index (χ4n) is 2.63. The molecule has 0 fully saturated rings. The maximum Gasteiger partial charge on any atom is 0.231 e. The molecule has 122 valence electrons. The molecule has 1 aliphatic rings. The Hall–Kier alpha value is -3.10. The lowest BCUT2D eigenvalue weighted by Gasteiger charge is -2.01. The highest BCUT2D eigenvalue weighted by molar-refractivity contribution is 7.11. The summed E-state index contributed by atoms with van der Waals surface area (Å²) in [6.45, 7) is 2.28. The molecular weight excluding hydrogens is 332 g/mol. The normalized spacial score (nSPS) is 12.9. The summed E-state index contributed by atoms with van der Waals surface area (Å²) in [6.07, 6.45) is 1.89. The third-order valence-corrected chi connectivity index (χ3v) is 4.89. The monoisotopic (exact) mass is 346 g/mol. The summed E-state index contributed by atoms with van der Waals surface area (Å²) in [5.74, 6) is 1.47. The predicted molar refractivity (Wildman–Crippen MR) is 98.3 cm³/mol. The molecule has 0 aliphatic carbocycles. The van der Waals surface area contributed by atoms with Crippen LogP contribution >= 0.6 is 11.3 Å². The number of nitrogens with zero attached hydrogens (tertiary/aromatic N) is 2. The first kappa shape index (κ1) is 15.4. The number of allylic oxidation sites excluding steroid dienone is 1. The van der Waals surface area contributed by atoms with Crippen LogP contribution in [0.4, 0.5) is 0 Å². The molecule has 0 spiro atoms. The smallest absolute Gasteiger partial charge is 0.231 e. The highest BCUT2D eigenvalue weighted by Crippen LogP contribution is 2.36. The van der Waals surface area contributed by atoms with E-state index in [1.165, 1.54) is 11.3 Å². The number of benzene rings is 2. The van der Waals surface area contributed by atoms with Crippen molar-refractivity contribution in [1.29, 1.82) is 5.26 Å². The second-order valence-corrected chi connectivity index (χ2v) is 6.49. The fraction of sp³-hybridized carbons (Fsp3) is 0.100. The van der Waals surface area contributed by atoms with Gasteiger partial charge in [-0.05, 0) is 42.3 Å². The number of aromatic nitrogens is 1. The Bertz CT molecular complexity index is 1010. The topological polar surface area (TPSA) is 55.1 Å². The van der Waals surface area contributed by atoms with Gasteiger partial charge in [-0.25, -0.2) is 4.98 Å². The quantitative estimate of drug-likeness (QED) is 0.632. The summed E-state index contributed by atoms with van der Waals surface area (Å²) in [4.78, 5) is 4.63.